The summed E-state index contributed by atoms with van der Waals surface area (Å²) < 4.78 is 86.1. The molecule has 0 saturated carbocycles. The third kappa shape index (κ3) is 9.57. The van der Waals surface area contributed by atoms with Crippen LogP contribution in [0.4, 0.5) is 60.5 Å². The molecule has 2 aliphatic carbocycles. The lowest BCUT2D eigenvalue weighted by Gasteiger charge is -2.35. The second kappa shape index (κ2) is 23.1. The van der Waals surface area contributed by atoms with Crippen molar-refractivity contribution in [2.24, 2.45) is 0 Å². The maximum atomic E-state index is 14.4. The molecule has 0 radical (unpaired) electrons. The van der Waals surface area contributed by atoms with Crippen molar-refractivity contribution >= 4 is 67.8 Å². The number of benzene rings is 14. The smallest absolute Gasteiger partial charge is 0.310 e. The van der Waals surface area contributed by atoms with Gasteiger partial charge in [-0.15, -0.1) is 0 Å². The van der Waals surface area contributed by atoms with E-state index in [9.17, 15) is 26.3 Å². The Hall–Kier alpha value is -11.7. The summed E-state index contributed by atoms with van der Waals surface area (Å²) in [7, 11) is 0. The lowest BCUT2D eigenvalue weighted by molar-refractivity contribution is -0.138. The van der Waals surface area contributed by atoms with Gasteiger partial charge in [0.15, 0.2) is 0 Å². The van der Waals surface area contributed by atoms with Crippen LogP contribution < -0.4 is 9.80 Å². The summed E-state index contributed by atoms with van der Waals surface area (Å²) >= 11 is 0. The second-order valence-electron chi connectivity index (χ2n) is 24.6. The Labute approximate surface area is 552 Å². The van der Waals surface area contributed by atoms with Crippen molar-refractivity contribution in [1.29, 1.82) is 0 Å². The monoisotopic (exact) mass is 1260 g/mol. The Morgan fingerprint density at radius 3 is 0.958 bits per heavy atom. The Morgan fingerprint density at radius 2 is 0.594 bits per heavy atom. The van der Waals surface area contributed by atoms with Crippen LogP contribution in [-0.2, 0) is 23.2 Å². The highest BCUT2D eigenvalue weighted by Gasteiger charge is 2.49. The van der Waals surface area contributed by atoms with E-state index >= 15 is 0 Å². The average molecular weight is 1260 g/mol. The molecule has 8 heteroatoms. The molecule has 0 spiro atoms. The van der Waals surface area contributed by atoms with E-state index in [1.165, 1.54) is 24.3 Å². The van der Waals surface area contributed by atoms with E-state index in [0.717, 1.165) is 134 Å². The minimum Gasteiger partial charge on any atom is -0.310 e. The number of nitrogens with zero attached hydrogens (tertiary/aromatic N) is 2. The molecule has 2 atom stereocenters. The number of halogens is 6. The molecule has 0 N–H and O–H groups in total. The van der Waals surface area contributed by atoms with Gasteiger partial charge in [0.25, 0.3) is 0 Å². The first-order valence-electron chi connectivity index (χ1n) is 31.8. The quantitative estimate of drug-likeness (QED) is 0.106. The molecule has 14 aromatic carbocycles. The standard InChI is InChI=1S/C88H58F6N2/c1-3-57-27-35-63(36-28-57)85(65-39-43-67(44-40-65)87(89,90)91)79-23-11-9-21-75(79)77-53-51-71(55-81(77)85)95(83-25-13-17-61-15-5-7-19-73(61)83)69-47-31-59(32-48-69)60-33-49-70(50-34-60)96(84-26-14-18-62-16-6-8-20-74(62)84)72-52-54-78-76-22-10-12-24-80(76)86(82(78)56-72,64-37-29-58(4-2)30-38-64)66-41-45-68(46-42-66)88(92,93)94/h3-56H,1-2H2. The summed E-state index contributed by atoms with van der Waals surface area (Å²) in [6.45, 7) is 8.03. The number of rotatable bonds is 13. The van der Waals surface area contributed by atoms with Gasteiger partial charge in [0.2, 0.25) is 0 Å². The van der Waals surface area contributed by atoms with Gasteiger partial charge in [-0.05, 0) is 185 Å². The molecule has 16 rings (SSSR count). The molecule has 14 aromatic rings. The van der Waals surface area contributed by atoms with Crippen molar-refractivity contribution in [3.8, 4) is 33.4 Å². The SMILES string of the molecule is C=Cc1ccc(C2(c3ccc(C(F)(F)F)cc3)c3ccccc3-c3ccc(N(c4ccc(-c5ccc(N(c6ccc7c(c6)C(c6ccc(C=C)cc6)(c6ccc(C(F)(F)F)cc6)c6ccccc6-7)c6cccc7ccccc67)cc5)cc4)c4cccc5ccccc45)cc32)cc1. The van der Waals surface area contributed by atoms with Crippen LogP contribution in [0.3, 0.4) is 0 Å². The zero-order chi connectivity index (χ0) is 65.5. The van der Waals surface area contributed by atoms with Gasteiger partial charge >= 0.3 is 12.4 Å². The average Bonchev–Trinajstić information content (AvgIpc) is 1.52. The van der Waals surface area contributed by atoms with E-state index in [-0.39, 0.29) is 0 Å². The van der Waals surface area contributed by atoms with Crippen LogP contribution >= 0.6 is 0 Å². The van der Waals surface area contributed by atoms with Gasteiger partial charge in [-0.2, -0.15) is 26.3 Å². The maximum absolute atomic E-state index is 14.4. The van der Waals surface area contributed by atoms with Crippen LogP contribution in [0.5, 0.6) is 0 Å². The van der Waals surface area contributed by atoms with Gasteiger partial charge in [-0.3, -0.25) is 0 Å². The fourth-order valence-corrected chi connectivity index (χ4v) is 15.2. The molecular weight excluding hydrogens is 1200 g/mol. The summed E-state index contributed by atoms with van der Waals surface area (Å²) in [5.41, 5.74) is 16.8. The number of alkyl halides is 6. The summed E-state index contributed by atoms with van der Waals surface area (Å²) in [4.78, 5) is 4.55. The zero-order valence-corrected chi connectivity index (χ0v) is 51.8. The van der Waals surface area contributed by atoms with Gasteiger partial charge in [0.05, 0.1) is 33.3 Å². The fourth-order valence-electron chi connectivity index (χ4n) is 15.2. The molecule has 0 amide bonds. The van der Waals surface area contributed by atoms with Gasteiger partial charge < -0.3 is 9.80 Å². The highest BCUT2D eigenvalue weighted by atomic mass is 19.4. The van der Waals surface area contributed by atoms with E-state index in [4.69, 9.17) is 0 Å². The molecule has 0 bridgehead atoms. The van der Waals surface area contributed by atoms with Crippen molar-refractivity contribution in [2.75, 3.05) is 9.80 Å². The third-order valence-corrected chi connectivity index (χ3v) is 19.6. The Balaban J connectivity index is 0.825. The summed E-state index contributed by atoms with van der Waals surface area (Å²) in [6.07, 6.45) is -5.46. The van der Waals surface area contributed by atoms with Crippen molar-refractivity contribution in [1.82, 2.24) is 0 Å². The molecule has 2 aliphatic rings. The molecular formula is C88H58F6N2. The van der Waals surface area contributed by atoms with E-state index in [0.29, 0.717) is 11.1 Å². The molecule has 0 fully saturated rings. The van der Waals surface area contributed by atoms with Crippen LogP contribution in [0.15, 0.2) is 329 Å². The van der Waals surface area contributed by atoms with Crippen molar-refractivity contribution < 1.29 is 26.3 Å². The predicted molar refractivity (Wildman–Crippen MR) is 381 cm³/mol. The van der Waals surface area contributed by atoms with Crippen LogP contribution in [0.25, 0.3) is 67.1 Å². The first-order valence-corrected chi connectivity index (χ1v) is 31.8. The Morgan fingerprint density at radius 1 is 0.281 bits per heavy atom. The Bertz CT molecular complexity index is 5000. The van der Waals surface area contributed by atoms with Crippen LogP contribution in [0.2, 0.25) is 0 Å². The van der Waals surface area contributed by atoms with Crippen LogP contribution in [0.1, 0.15) is 66.8 Å². The van der Waals surface area contributed by atoms with E-state index in [1.54, 1.807) is 36.4 Å². The summed E-state index contributed by atoms with van der Waals surface area (Å²) in [5.74, 6) is 0. The molecule has 462 valence electrons. The lowest BCUT2D eigenvalue weighted by atomic mass is 9.67. The first kappa shape index (κ1) is 59.3. The highest BCUT2D eigenvalue weighted by molar-refractivity contribution is 6.02. The minimum atomic E-state index is -4.52. The number of fused-ring (bicyclic) bond motifs is 8. The molecule has 0 heterocycles. The molecule has 0 saturated heterocycles. The largest absolute Gasteiger partial charge is 0.416 e. The predicted octanol–water partition coefficient (Wildman–Crippen LogP) is 24.6. The number of anilines is 6. The first-order chi connectivity index (χ1) is 46.7. The zero-order valence-electron chi connectivity index (χ0n) is 51.8. The highest BCUT2D eigenvalue weighted by Crippen LogP contribution is 2.60. The van der Waals surface area contributed by atoms with Crippen molar-refractivity contribution in [2.45, 2.75) is 23.2 Å². The second-order valence-corrected chi connectivity index (χ2v) is 24.6. The maximum Gasteiger partial charge on any atom is 0.416 e. The molecule has 96 heavy (non-hydrogen) atoms. The van der Waals surface area contributed by atoms with Crippen molar-refractivity contribution in [3.63, 3.8) is 0 Å². The van der Waals surface area contributed by atoms with Gasteiger partial charge in [0.1, 0.15) is 0 Å². The van der Waals surface area contributed by atoms with E-state index in [1.807, 2.05) is 72.8 Å². The van der Waals surface area contributed by atoms with Crippen molar-refractivity contribution in [3.05, 3.63) is 395 Å². The van der Waals surface area contributed by atoms with E-state index < -0.39 is 34.3 Å². The number of hydrogen-bond donors (Lipinski definition) is 0. The normalized spacial score (nSPS) is 15.4. The third-order valence-electron chi connectivity index (χ3n) is 19.6. The number of hydrogen-bond acceptors (Lipinski definition) is 2. The molecule has 2 unspecified atom stereocenters. The molecule has 0 aromatic heterocycles. The Kier molecular flexibility index (Phi) is 14.2. The lowest BCUT2D eigenvalue weighted by Crippen LogP contribution is -2.29. The molecule has 2 nitrogen and oxygen atoms in total. The fraction of sp³-hybridized carbons (Fsp3) is 0.0455. The summed E-state index contributed by atoms with van der Waals surface area (Å²) in [6, 6.07) is 103. The van der Waals surface area contributed by atoms with Gasteiger partial charge in [-0.25, -0.2) is 0 Å². The summed E-state index contributed by atoms with van der Waals surface area (Å²) in [5, 5.41) is 4.19. The minimum absolute atomic E-state index is 0.709. The van der Waals surface area contributed by atoms with Crippen LogP contribution in [-0.4, -0.2) is 0 Å². The van der Waals surface area contributed by atoms with Crippen LogP contribution in [0, 0.1) is 0 Å². The topological polar surface area (TPSA) is 6.48 Å². The van der Waals surface area contributed by atoms with Gasteiger partial charge in [0, 0.05) is 33.5 Å². The van der Waals surface area contributed by atoms with E-state index in [2.05, 4.69) is 217 Å². The van der Waals surface area contributed by atoms with Gasteiger partial charge in [-0.1, -0.05) is 256 Å². The molecule has 0 aliphatic heterocycles.